The van der Waals surface area contributed by atoms with Crippen molar-refractivity contribution in [2.75, 3.05) is 8.86 Å². The van der Waals surface area contributed by atoms with Crippen LogP contribution in [0.2, 0.25) is 0 Å². The molecule has 0 aliphatic heterocycles. The predicted octanol–water partition coefficient (Wildman–Crippen LogP) is 4.44. The van der Waals surface area contributed by atoms with Crippen LogP contribution in [0.1, 0.15) is 39.5 Å². The van der Waals surface area contributed by atoms with Crippen molar-refractivity contribution in [3.8, 4) is 0 Å². The van der Waals surface area contributed by atoms with Gasteiger partial charge < -0.3 is 0 Å². The molecule has 0 radical (unpaired) electrons. The van der Waals surface area contributed by atoms with Crippen LogP contribution in [0.4, 0.5) is 0 Å². The van der Waals surface area contributed by atoms with Gasteiger partial charge in [-0.1, -0.05) is 71.9 Å². The molecule has 0 rings (SSSR count). The summed E-state index contributed by atoms with van der Waals surface area (Å²) in [4.78, 5) is 0. The second kappa shape index (κ2) is 16.8. The minimum atomic E-state index is 1.31. The van der Waals surface area contributed by atoms with E-state index in [4.69, 9.17) is 0 Å². The van der Waals surface area contributed by atoms with Gasteiger partial charge in [0.1, 0.15) is 0 Å². The zero-order valence-electron chi connectivity index (χ0n) is 7.00. The number of halogens is 2. The van der Waals surface area contributed by atoms with E-state index in [-0.39, 0.29) is 0 Å². The lowest BCUT2D eigenvalue weighted by Gasteiger charge is -1.77. The Labute approximate surface area is 92.8 Å². The molecular weight excluding hydrogens is 350 g/mol. The Morgan fingerprint density at radius 3 is 1.10 bits per heavy atom. The monoisotopic (exact) mass is 368 g/mol. The van der Waals surface area contributed by atoms with Crippen LogP contribution < -0.4 is 0 Å². The summed E-state index contributed by atoms with van der Waals surface area (Å²) in [6, 6.07) is 0. The van der Waals surface area contributed by atoms with E-state index >= 15 is 0 Å². The first-order valence-electron chi connectivity index (χ1n) is 3.95. The van der Waals surface area contributed by atoms with Crippen LogP contribution in [0.3, 0.4) is 0 Å². The molecule has 0 spiro atoms. The molecule has 0 saturated heterocycles. The maximum absolute atomic E-state index is 2.39. The van der Waals surface area contributed by atoms with Gasteiger partial charge in [-0.2, -0.15) is 0 Å². The van der Waals surface area contributed by atoms with Crippen LogP contribution in [-0.2, 0) is 0 Å². The Morgan fingerprint density at radius 1 is 0.800 bits per heavy atom. The fraction of sp³-hybridized carbons (Fsp3) is 1.00. The number of hydrogen-bond acceptors (Lipinski definition) is 0. The fourth-order valence-corrected chi connectivity index (χ4v) is 1.79. The maximum atomic E-state index is 2.39. The van der Waals surface area contributed by atoms with Gasteiger partial charge in [0.2, 0.25) is 0 Å². The van der Waals surface area contributed by atoms with Gasteiger partial charge in [-0.25, -0.2) is 0 Å². The van der Waals surface area contributed by atoms with Crippen LogP contribution in [-0.4, -0.2) is 8.86 Å². The zero-order valence-corrected chi connectivity index (χ0v) is 11.3. The molecule has 10 heavy (non-hydrogen) atoms. The summed E-state index contributed by atoms with van der Waals surface area (Å²) in [5.74, 6) is 0. The average Bonchev–Trinajstić information content (AvgIpc) is 1.93. The molecule has 0 bridgehead atoms. The molecule has 0 amide bonds. The molecule has 2 heteroatoms. The Morgan fingerprint density at radius 2 is 1.10 bits per heavy atom. The van der Waals surface area contributed by atoms with E-state index in [9.17, 15) is 0 Å². The van der Waals surface area contributed by atoms with Gasteiger partial charge in [0, 0.05) is 0 Å². The van der Waals surface area contributed by atoms with Crippen molar-refractivity contribution in [1.29, 1.82) is 0 Å². The average molecular weight is 368 g/mol. The molecule has 0 unspecified atom stereocenters. The summed E-state index contributed by atoms with van der Waals surface area (Å²) in [7, 11) is 0. The zero-order chi connectivity index (χ0) is 8.24. The second-order valence-corrected chi connectivity index (χ2v) is 4.24. The molecule has 0 N–H and O–H groups in total. The van der Waals surface area contributed by atoms with Gasteiger partial charge >= 0.3 is 0 Å². The van der Waals surface area contributed by atoms with E-state index in [1.807, 2.05) is 0 Å². The van der Waals surface area contributed by atoms with E-state index in [1.54, 1.807) is 0 Å². The Balaban J connectivity index is 0. The quantitative estimate of drug-likeness (QED) is 0.509. The van der Waals surface area contributed by atoms with Crippen LogP contribution in [0.15, 0.2) is 0 Å². The third kappa shape index (κ3) is 22.7. The predicted molar refractivity (Wildman–Crippen MR) is 67.6 cm³/mol. The molecule has 0 heterocycles. The smallest absolute Gasteiger partial charge is 0.000483 e. The molecule has 0 nitrogen and oxygen atoms in total. The van der Waals surface area contributed by atoms with Gasteiger partial charge in [0.25, 0.3) is 0 Å². The van der Waals surface area contributed by atoms with Gasteiger partial charge in [0.05, 0.1) is 0 Å². The molecule has 0 aliphatic carbocycles. The van der Waals surface area contributed by atoms with Crippen molar-refractivity contribution in [2.24, 2.45) is 0 Å². The van der Waals surface area contributed by atoms with Crippen molar-refractivity contribution in [3.63, 3.8) is 0 Å². The fourth-order valence-electron chi connectivity index (χ4n) is 0.267. The normalized spacial score (nSPS) is 8.40. The van der Waals surface area contributed by atoms with Crippen LogP contribution in [0, 0.1) is 0 Å². The summed E-state index contributed by atoms with van der Waals surface area (Å²) in [5, 5.41) is 0. The molecule has 0 aromatic rings. The highest BCUT2D eigenvalue weighted by Gasteiger charge is 1.70. The Kier molecular flexibility index (Phi) is 23.6. The molecule has 64 valence electrons. The minimum Gasteiger partial charge on any atom is -0.0864 e. The van der Waals surface area contributed by atoms with E-state index in [0.29, 0.717) is 0 Å². The number of hydrogen-bond donors (Lipinski definition) is 0. The first-order chi connectivity index (χ1) is 4.83. The molecule has 0 fully saturated rings. The summed E-state index contributed by atoms with van der Waals surface area (Å²) in [6.07, 6.45) is 5.42. The van der Waals surface area contributed by atoms with Gasteiger partial charge in [-0.15, -0.1) is 0 Å². The molecule has 0 aliphatic rings. The van der Waals surface area contributed by atoms with Crippen molar-refractivity contribution in [3.05, 3.63) is 0 Å². The first-order valence-corrected chi connectivity index (χ1v) is 7.00. The van der Waals surface area contributed by atoms with Gasteiger partial charge in [-0.3, -0.25) is 0 Å². The summed E-state index contributed by atoms with van der Waals surface area (Å²) in [6.45, 7) is 4.41. The molecule has 0 aromatic carbocycles. The highest BCUT2D eigenvalue weighted by atomic mass is 127. The first kappa shape index (κ1) is 14.0. The topological polar surface area (TPSA) is 0 Å². The van der Waals surface area contributed by atoms with Crippen molar-refractivity contribution < 1.29 is 0 Å². The third-order valence-corrected chi connectivity index (χ3v) is 2.50. The van der Waals surface area contributed by atoms with Crippen LogP contribution in [0.5, 0.6) is 0 Å². The minimum absolute atomic E-state index is 1.31. The Bertz CT molecular complexity index is 28.2. The van der Waals surface area contributed by atoms with E-state index < -0.39 is 0 Å². The third-order valence-electron chi connectivity index (χ3n) is 0.974. The largest absolute Gasteiger partial charge is 0.0864 e. The molecule has 0 atom stereocenters. The van der Waals surface area contributed by atoms with E-state index in [2.05, 4.69) is 59.0 Å². The van der Waals surface area contributed by atoms with Crippen molar-refractivity contribution in [2.45, 2.75) is 39.5 Å². The van der Waals surface area contributed by atoms with Crippen LogP contribution in [0.25, 0.3) is 0 Å². The lowest BCUT2D eigenvalue weighted by Crippen LogP contribution is -1.64. The SMILES string of the molecule is CCCCI.CCCCI. The lowest BCUT2D eigenvalue weighted by atomic mass is 10.4. The second-order valence-electron chi connectivity index (χ2n) is 2.09. The number of rotatable bonds is 4. The number of alkyl halides is 2. The summed E-state index contributed by atoms with van der Waals surface area (Å²) >= 11 is 4.77. The van der Waals surface area contributed by atoms with Crippen molar-refractivity contribution >= 4 is 45.2 Å². The number of unbranched alkanes of at least 4 members (excludes halogenated alkanes) is 2. The highest BCUT2D eigenvalue weighted by Crippen LogP contribution is 1.90. The molecule has 0 saturated carbocycles. The molecule has 0 aromatic heterocycles. The van der Waals surface area contributed by atoms with Gasteiger partial charge in [-0.05, 0) is 21.7 Å². The maximum Gasteiger partial charge on any atom is -0.000483 e. The van der Waals surface area contributed by atoms with Gasteiger partial charge in [0.15, 0.2) is 0 Å². The van der Waals surface area contributed by atoms with E-state index in [1.165, 1.54) is 34.5 Å². The van der Waals surface area contributed by atoms with E-state index in [0.717, 1.165) is 0 Å². The molecular formula is C8H18I2. The Hall–Kier alpha value is 1.46. The lowest BCUT2D eigenvalue weighted by molar-refractivity contribution is 0.907. The van der Waals surface area contributed by atoms with Crippen LogP contribution >= 0.6 is 45.2 Å². The summed E-state index contributed by atoms with van der Waals surface area (Å²) < 4.78 is 2.63. The standard InChI is InChI=1S/2C4H9I/c2*1-2-3-4-5/h2*2-4H2,1H3. The van der Waals surface area contributed by atoms with Crippen molar-refractivity contribution in [1.82, 2.24) is 0 Å². The summed E-state index contributed by atoms with van der Waals surface area (Å²) in [5.41, 5.74) is 0. The highest BCUT2D eigenvalue weighted by molar-refractivity contribution is 14.1.